The molecule has 1 N–H and O–H groups in total. The average Bonchev–Trinajstić information content (AvgIpc) is 2.90. The first-order chi connectivity index (χ1) is 11.4. The molecule has 1 aliphatic heterocycles. The molecule has 0 radical (unpaired) electrons. The first kappa shape index (κ1) is 18.5. The molecule has 1 heterocycles. The summed E-state index contributed by atoms with van der Waals surface area (Å²) in [5, 5.41) is 9.07. The van der Waals surface area contributed by atoms with E-state index >= 15 is 0 Å². The predicted molar refractivity (Wildman–Crippen MR) is 90.9 cm³/mol. The number of carbonyl (C=O) groups is 3. The van der Waals surface area contributed by atoms with Crippen LogP contribution in [0.2, 0.25) is 0 Å². The molecule has 0 bridgehead atoms. The fourth-order valence-electron chi connectivity index (χ4n) is 2.81. The minimum absolute atomic E-state index is 0.237. The molecular formula is C17H21NO5S. The number of ether oxygens (including phenoxy) is 1. The highest BCUT2D eigenvalue weighted by molar-refractivity contribution is 8.26. The van der Waals surface area contributed by atoms with Gasteiger partial charge in [-0.05, 0) is 30.3 Å². The van der Waals surface area contributed by atoms with Crippen LogP contribution in [-0.4, -0.2) is 51.4 Å². The summed E-state index contributed by atoms with van der Waals surface area (Å²) in [6.45, 7) is 3.89. The number of nitrogens with zero attached hydrogens (tertiary/aromatic N) is 1. The number of likely N-dealkylation sites (tertiary alicyclic amines) is 1. The minimum atomic E-state index is -0.965. The molecule has 1 aromatic carbocycles. The van der Waals surface area contributed by atoms with Crippen LogP contribution in [-0.2, 0) is 14.4 Å². The number of hydrogen-bond acceptors (Lipinski definition) is 6. The third-order valence-electron chi connectivity index (χ3n) is 3.89. The van der Waals surface area contributed by atoms with Gasteiger partial charge in [0, 0.05) is 25.9 Å². The van der Waals surface area contributed by atoms with Crippen molar-refractivity contribution in [2.45, 2.75) is 32.4 Å². The number of carboxylic acids is 1. The van der Waals surface area contributed by atoms with Gasteiger partial charge in [0.05, 0.1) is 0 Å². The van der Waals surface area contributed by atoms with Gasteiger partial charge in [0.25, 0.3) is 0 Å². The Labute approximate surface area is 145 Å². The van der Waals surface area contributed by atoms with Gasteiger partial charge in [0.15, 0.2) is 10.2 Å². The van der Waals surface area contributed by atoms with E-state index in [0.717, 1.165) is 0 Å². The van der Waals surface area contributed by atoms with Crippen molar-refractivity contribution >= 4 is 28.0 Å². The van der Waals surface area contributed by atoms with E-state index in [0.29, 0.717) is 37.0 Å². The summed E-state index contributed by atoms with van der Waals surface area (Å²) in [5.41, 5.74) is 0. The van der Waals surface area contributed by atoms with Gasteiger partial charge in [-0.15, -0.1) is 0 Å². The van der Waals surface area contributed by atoms with Gasteiger partial charge in [-0.1, -0.05) is 25.1 Å². The maximum atomic E-state index is 11.9. The van der Waals surface area contributed by atoms with Crippen molar-refractivity contribution in [3.63, 3.8) is 0 Å². The van der Waals surface area contributed by atoms with Crippen LogP contribution in [0.15, 0.2) is 30.3 Å². The largest absolute Gasteiger partial charge is 0.488 e. The van der Waals surface area contributed by atoms with Crippen molar-refractivity contribution in [1.82, 2.24) is 4.90 Å². The highest BCUT2D eigenvalue weighted by Gasteiger charge is 2.42. The maximum Gasteiger partial charge on any atom is 0.324 e. The summed E-state index contributed by atoms with van der Waals surface area (Å²) in [6, 6.07) is 8.30. The van der Waals surface area contributed by atoms with Gasteiger partial charge >= 0.3 is 5.97 Å². The van der Waals surface area contributed by atoms with Crippen molar-refractivity contribution in [3.8, 4) is 5.75 Å². The van der Waals surface area contributed by atoms with Gasteiger partial charge in [0.2, 0.25) is 0 Å². The number of benzene rings is 1. The molecule has 1 aromatic rings. The molecule has 0 aromatic heterocycles. The molecule has 1 saturated heterocycles. The lowest BCUT2D eigenvalue weighted by atomic mass is 10.1. The lowest BCUT2D eigenvalue weighted by Crippen LogP contribution is -2.46. The molecule has 0 aliphatic carbocycles. The first-order valence-corrected chi connectivity index (χ1v) is 8.61. The zero-order valence-corrected chi connectivity index (χ0v) is 14.5. The maximum absolute atomic E-state index is 11.9. The lowest BCUT2D eigenvalue weighted by molar-refractivity contribution is -0.145. The molecule has 1 unspecified atom stereocenters. The topological polar surface area (TPSA) is 83.9 Å². The summed E-state index contributed by atoms with van der Waals surface area (Å²) >= 11 is 0.676. The Kier molecular flexibility index (Phi) is 6.39. The quantitative estimate of drug-likeness (QED) is 0.839. The van der Waals surface area contributed by atoms with Crippen LogP contribution >= 0.6 is 11.8 Å². The van der Waals surface area contributed by atoms with Crippen LogP contribution in [0, 0.1) is 5.92 Å². The third-order valence-corrected chi connectivity index (χ3v) is 4.78. The summed E-state index contributed by atoms with van der Waals surface area (Å²) in [5.74, 6) is -0.754. The SMILES string of the molecule is CC(=O)SC(=O)C(C)CN1CC[C@H](Oc2ccccc2)[C@@H]1C(=O)O. The highest BCUT2D eigenvalue weighted by Crippen LogP contribution is 2.26. The molecule has 2 rings (SSSR count). The molecule has 24 heavy (non-hydrogen) atoms. The molecule has 6 nitrogen and oxygen atoms in total. The Hall–Kier alpha value is -1.86. The van der Waals surface area contributed by atoms with E-state index in [1.807, 2.05) is 18.2 Å². The highest BCUT2D eigenvalue weighted by atomic mass is 32.2. The molecule has 7 heteroatoms. The zero-order chi connectivity index (χ0) is 17.7. The van der Waals surface area contributed by atoms with Crippen LogP contribution in [0.5, 0.6) is 5.75 Å². The normalized spacial score (nSPS) is 22.1. The van der Waals surface area contributed by atoms with Gasteiger partial charge in [-0.25, -0.2) is 0 Å². The number of aliphatic carboxylic acids is 1. The second-order valence-corrected chi connectivity index (χ2v) is 7.03. The molecular weight excluding hydrogens is 330 g/mol. The van der Waals surface area contributed by atoms with Crippen LogP contribution in [0.25, 0.3) is 0 Å². The number of carbonyl (C=O) groups excluding carboxylic acids is 2. The number of rotatable bonds is 6. The van der Waals surface area contributed by atoms with E-state index in [2.05, 4.69) is 0 Å². The predicted octanol–water partition coefficient (Wildman–Crippen LogP) is 2.04. The van der Waals surface area contributed by atoms with Crippen molar-refractivity contribution in [2.75, 3.05) is 13.1 Å². The summed E-state index contributed by atoms with van der Waals surface area (Å²) < 4.78 is 5.82. The molecule has 0 spiro atoms. The van der Waals surface area contributed by atoms with Crippen LogP contribution in [0.3, 0.4) is 0 Å². The number of thioether (sulfide) groups is 1. The van der Waals surface area contributed by atoms with Gasteiger partial charge in [-0.3, -0.25) is 19.3 Å². The summed E-state index contributed by atoms with van der Waals surface area (Å²) in [4.78, 5) is 36.4. The molecule has 130 valence electrons. The fraction of sp³-hybridized carbons (Fsp3) is 0.471. The number of carboxylic acid groups (broad SMARTS) is 1. The van der Waals surface area contributed by atoms with Crippen molar-refractivity contribution < 1.29 is 24.2 Å². The third kappa shape index (κ3) is 4.82. The Morgan fingerprint density at radius 2 is 2.00 bits per heavy atom. The van der Waals surface area contributed by atoms with Crippen molar-refractivity contribution in [3.05, 3.63) is 30.3 Å². The van der Waals surface area contributed by atoms with Gasteiger partial charge < -0.3 is 9.84 Å². The van der Waals surface area contributed by atoms with Crippen LogP contribution < -0.4 is 4.74 Å². The lowest BCUT2D eigenvalue weighted by Gasteiger charge is -2.26. The van der Waals surface area contributed by atoms with E-state index in [4.69, 9.17) is 4.74 Å². The van der Waals surface area contributed by atoms with Crippen molar-refractivity contribution in [1.29, 1.82) is 0 Å². The molecule has 0 saturated carbocycles. The van der Waals surface area contributed by atoms with E-state index < -0.39 is 24.0 Å². The summed E-state index contributed by atoms with van der Waals surface area (Å²) in [7, 11) is 0. The first-order valence-electron chi connectivity index (χ1n) is 7.79. The fourth-order valence-corrected chi connectivity index (χ4v) is 3.37. The van der Waals surface area contributed by atoms with Gasteiger partial charge in [-0.2, -0.15) is 0 Å². The summed E-state index contributed by atoms with van der Waals surface area (Å²) in [6.07, 6.45) is 0.111. The average molecular weight is 351 g/mol. The second-order valence-electron chi connectivity index (χ2n) is 5.85. The molecule has 1 aliphatic rings. The van der Waals surface area contributed by atoms with E-state index in [1.165, 1.54) is 6.92 Å². The van der Waals surface area contributed by atoms with E-state index in [1.54, 1.807) is 24.0 Å². The smallest absolute Gasteiger partial charge is 0.324 e. The molecule has 3 atom stereocenters. The standard InChI is InChI=1S/C17H21NO5S/c1-11(17(22)24-12(2)19)10-18-9-8-14(15(18)16(20)21)23-13-6-4-3-5-7-13/h3-7,11,14-15H,8-10H2,1-2H3,(H,20,21)/t11?,14-,15+/m0/s1. The second kappa shape index (κ2) is 8.30. The van der Waals surface area contributed by atoms with E-state index in [-0.39, 0.29) is 10.2 Å². The zero-order valence-electron chi connectivity index (χ0n) is 13.7. The Bertz CT molecular complexity index is 606. The van der Waals surface area contributed by atoms with E-state index in [9.17, 15) is 19.5 Å². The van der Waals surface area contributed by atoms with Gasteiger partial charge in [0.1, 0.15) is 17.9 Å². The number of para-hydroxylation sites is 1. The minimum Gasteiger partial charge on any atom is -0.488 e. The Morgan fingerprint density at radius 3 is 2.58 bits per heavy atom. The van der Waals surface area contributed by atoms with Crippen molar-refractivity contribution in [2.24, 2.45) is 5.92 Å². The Balaban J connectivity index is 2.02. The molecule has 0 amide bonds. The molecule has 1 fully saturated rings. The number of hydrogen-bond donors (Lipinski definition) is 1. The monoisotopic (exact) mass is 351 g/mol. The van der Waals surface area contributed by atoms with Crippen LogP contribution in [0.4, 0.5) is 0 Å². The van der Waals surface area contributed by atoms with Crippen LogP contribution in [0.1, 0.15) is 20.3 Å². The Morgan fingerprint density at radius 1 is 1.33 bits per heavy atom.